The van der Waals surface area contributed by atoms with E-state index < -0.39 is 6.10 Å². The van der Waals surface area contributed by atoms with Crippen LogP contribution in [0.15, 0.2) is 30.3 Å². The summed E-state index contributed by atoms with van der Waals surface area (Å²) in [4.78, 5) is 13.3. The second kappa shape index (κ2) is 5.09. The highest BCUT2D eigenvalue weighted by Crippen LogP contribution is 2.06. The van der Waals surface area contributed by atoms with Gasteiger partial charge < -0.3 is 10.4 Å². The van der Waals surface area contributed by atoms with Gasteiger partial charge in [-0.15, -0.1) is 0 Å². The summed E-state index contributed by atoms with van der Waals surface area (Å²) in [7, 11) is 0. The van der Waals surface area contributed by atoms with E-state index in [4.69, 9.17) is 0 Å². The number of aliphatic hydroxyl groups is 1. The number of β-amino-alcohol motifs (C(OH)–C–C–N with tert-alkyl or cyclic N) is 1. The average molecular weight is 220 g/mol. The van der Waals surface area contributed by atoms with Crippen molar-refractivity contribution in [1.29, 1.82) is 0 Å². The topological polar surface area (TPSA) is 52.6 Å². The molecule has 1 aromatic rings. The van der Waals surface area contributed by atoms with Gasteiger partial charge in [-0.2, -0.15) is 0 Å². The Kier molecular flexibility index (Phi) is 3.54. The molecule has 1 fully saturated rings. The summed E-state index contributed by atoms with van der Waals surface area (Å²) in [6, 6.07) is 9.96. The highest BCUT2D eigenvalue weighted by molar-refractivity contribution is 5.78. The van der Waals surface area contributed by atoms with Crippen molar-refractivity contribution in [3.63, 3.8) is 0 Å². The summed E-state index contributed by atoms with van der Waals surface area (Å²) in [5.74, 6) is -0.0209. The largest absolute Gasteiger partial charge is 0.390 e. The number of hydrogen-bond donors (Lipinski definition) is 2. The first-order valence-electron chi connectivity index (χ1n) is 5.45. The van der Waals surface area contributed by atoms with Crippen molar-refractivity contribution >= 4 is 5.91 Å². The zero-order valence-corrected chi connectivity index (χ0v) is 9.10. The summed E-state index contributed by atoms with van der Waals surface area (Å²) < 4.78 is 0. The minimum Gasteiger partial charge on any atom is -0.390 e. The van der Waals surface area contributed by atoms with Gasteiger partial charge in [0, 0.05) is 19.6 Å². The number of nitrogens with one attached hydrogen (secondary N) is 1. The smallest absolute Gasteiger partial charge is 0.234 e. The van der Waals surface area contributed by atoms with Crippen LogP contribution in [0.1, 0.15) is 5.56 Å². The van der Waals surface area contributed by atoms with Crippen molar-refractivity contribution in [2.75, 3.05) is 19.6 Å². The number of amides is 1. The maximum atomic E-state index is 11.4. The fraction of sp³-hybridized carbons (Fsp3) is 0.417. The van der Waals surface area contributed by atoms with E-state index in [0.717, 1.165) is 5.56 Å². The molecule has 0 unspecified atom stereocenters. The van der Waals surface area contributed by atoms with Crippen molar-refractivity contribution in [2.24, 2.45) is 0 Å². The van der Waals surface area contributed by atoms with Crippen LogP contribution in [0.5, 0.6) is 0 Å². The van der Waals surface area contributed by atoms with Gasteiger partial charge in [-0.3, -0.25) is 9.69 Å². The first kappa shape index (κ1) is 11.1. The predicted molar refractivity (Wildman–Crippen MR) is 60.7 cm³/mol. The molecule has 1 amide bonds. The lowest BCUT2D eigenvalue weighted by molar-refractivity contribution is -0.121. The molecular formula is C12H16N2O2. The van der Waals surface area contributed by atoms with Gasteiger partial charge in [0.2, 0.25) is 5.91 Å². The summed E-state index contributed by atoms with van der Waals surface area (Å²) in [6.07, 6.45) is -0.477. The molecule has 0 aromatic heterocycles. The van der Waals surface area contributed by atoms with E-state index in [-0.39, 0.29) is 5.91 Å². The highest BCUT2D eigenvalue weighted by atomic mass is 16.3. The van der Waals surface area contributed by atoms with Gasteiger partial charge in [-0.1, -0.05) is 30.3 Å². The standard InChI is InChI=1S/C12H16N2O2/c15-11-6-13-12(16)9-14(8-11)7-10-4-2-1-3-5-10/h1-5,11,15H,6-9H2,(H,13,16)/t11-/m1/s1. The highest BCUT2D eigenvalue weighted by Gasteiger charge is 2.19. The third-order valence-corrected chi connectivity index (χ3v) is 2.62. The summed E-state index contributed by atoms with van der Waals surface area (Å²) in [5, 5.41) is 12.3. The van der Waals surface area contributed by atoms with Crippen molar-refractivity contribution in [1.82, 2.24) is 10.2 Å². The number of hydrogen-bond acceptors (Lipinski definition) is 3. The SMILES string of the molecule is O=C1CN(Cc2ccccc2)C[C@H](O)CN1. The van der Waals surface area contributed by atoms with E-state index in [1.165, 1.54) is 0 Å². The Hall–Kier alpha value is -1.39. The molecule has 1 atom stereocenters. The van der Waals surface area contributed by atoms with Crippen LogP contribution < -0.4 is 5.32 Å². The van der Waals surface area contributed by atoms with E-state index in [1.807, 2.05) is 35.2 Å². The van der Waals surface area contributed by atoms with Gasteiger partial charge in [-0.25, -0.2) is 0 Å². The first-order chi connectivity index (χ1) is 7.74. The maximum Gasteiger partial charge on any atom is 0.234 e. The van der Waals surface area contributed by atoms with Gasteiger partial charge in [-0.05, 0) is 5.56 Å². The lowest BCUT2D eigenvalue weighted by Crippen LogP contribution is -2.33. The zero-order valence-electron chi connectivity index (χ0n) is 9.10. The van der Waals surface area contributed by atoms with E-state index >= 15 is 0 Å². The van der Waals surface area contributed by atoms with Crippen LogP contribution in [-0.4, -0.2) is 41.7 Å². The van der Waals surface area contributed by atoms with Crippen LogP contribution in [0.25, 0.3) is 0 Å². The molecule has 16 heavy (non-hydrogen) atoms. The molecule has 1 aliphatic heterocycles. The maximum absolute atomic E-state index is 11.4. The monoisotopic (exact) mass is 220 g/mol. The van der Waals surface area contributed by atoms with E-state index in [2.05, 4.69) is 5.32 Å². The Morgan fingerprint density at radius 3 is 2.88 bits per heavy atom. The normalized spacial score (nSPS) is 22.6. The summed E-state index contributed by atoms with van der Waals surface area (Å²) in [6.45, 7) is 1.94. The first-order valence-corrected chi connectivity index (χ1v) is 5.45. The van der Waals surface area contributed by atoms with Gasteiger partial charge in [0.1, 0.15) is 0 Å². The van der Waals surface area contributed by atoms with Crippen LogP contribution in [-0.2, 0) is 11.3 Å². The molecule has 1 aromatic carbocycles. The molecule has 0 bridgehead atoms. The van der Waals surface area contributed by atoms with Crippen LogP contribution in [0.2, 0.25) is 0 Å². The number of carbonyl (C=O) groups is 1. The molecule has 1 saturated heterocycles. The van der Waals surface area contributed by atoms with E-state index in [1.54, 1.807) is 0 Å². The van der Waals surface area contributed by atoms with Gasteiger partial charge in [0.05, 0.1) is 12.6 Å². The second-order valence-corrected chi connectivity index (χ2v) is 4.11. The fourth-order valence-corrected chi connectivity index (χ4v) is 1.88. The molecule has 0 saturated carbocycles. The van der Waals surface area contributed by atoms with Crippen molar-refractivity contribution in [3.8, 4) is 0 Å². The Labute approximate surface area is 94.9 Å². The van der Waals surface area contributed by atoms with Crippen molar-refractivity contribution in [2.45, 2.75) is 12.6 Å². The van der Waals surface area contributed by atoms with Crippen LogP contribution in [0.4, 0.5) is 0 Å². The minimum absolute atomic E-state index is 0.0209. The second-order valence-electron chi connectivity index (χ2n) is 4.11. The molecule has 2 rings (SSSR count). The zero-order chi connectivity index (χ0) is 11.4. The quantitative estimate of drug-likeness (QED) is 0.736. The molecule has 0 radical (unpaired) electrons. The number of nitrogens with zero attached hydrogens (tertiary/aromatic N) is 1. The lowest BCUT2D eigenvalue weighted by atomic mass is 10.2. The van der Waals surface area contributed by atoms with Crippen LogP contribution in [0.3, 0.4) is 0 Å². The molecule has 0 spiro atoms. The van der Waals surface area contributed by atoms with E-state index in [0.29, 0.717) is 26.2 Å². The van der Waals surface area contributed by atoms with Crippen molar-refractivity contribution < 1.29 is 9.90 Å². The molecule has 4 nitrogen and oxygen atoms in total. The predicted octanol–water partition coefficient (Wildman–Crippen LogP) is -0.0207. The van der Waals surface area contributed by atoms with Gasteiger partial charge in [0.15, 0.2) is 0 Å². The molecular weight excluding hydrogens is 204 g/mol. The molecule has 0 aliphatic carbocycles. The molecule has 1 aliphatic rings. The Morgan fingerprint density at radius 2 is 2.12 bits per heavy atom. The third-order valence-electron chi connectivity index (χ3n) is 2.62. The average Bonchev–Trinajstić information content (AvgIpc) is 2.42. The molecule has 1 heterocycles. The molecule has 2 N–H and O–H groups in total. The minimum atomic E-state index is -0.477. The van der Waals surface area contributed by atoms with Crippen LogP contribution >= 0.6 is 0 Å². The number of carbonyl (C=O) groups excluding carboxylic acids is 1. The van der Waals surface area contributed by atoms with Crippen molar-refractivity contribution in [3.05, 3.63) is 35.9 Å². The van der Waals surface area contributed by atoms with Gasteiger partial charge in [0.25, 0.3) is 0 Å². The number of aliphatic hydroxyl groups excluding tert-OH is 1. The fourth-order valence-electron chi connectivity index (χ4n) is 1.88. The Bertz CT molecular complexity index is 353. The Balaban J connectivity index is 2.00. The third kappa shape index (κ3) is 3.05. The molecule has 86 valence electrons. The number of benzene rings is 1. The number of rotatable bonds is 2. The Morgan fingerprint density at radius 1 is 1.38 bits per heavy atom. The summed E-state index contributed by atoms with van der Waals surface area (Å²) >= 11 is 0. The van der Waals surface area contributed by atoms with Crippen LogP contribution in [0, 0.1) is 0 Å². The lowest BCUT2D eigenvalue weighted by Gasteiger charge is -2.20. The van der Waals surface area contributed by atoms with E-state index in [9.17, 15) is 9.90 Å². The van der Waals surface area contributed by atoms with Gasteiger partial charge >= 0.3 is 0 Å². The summed E-state index contributed by atoms with van der Waals surface area (Å²) in [5.41, 5.74) is 1.16. The molecule has 4 heteroatoms.